The third kappa shape index (κ3) is 4.62. The van der Waals surface area contributed by atoms with Crippen LogP contribution in [0.1, 0.15) is 12.0 Å². The summed E-state index contributed by atoms with van der Waals surface area (Å²) in [6, 6.07) is 9.11. The Labute approximate surface area is 128 Å². The molecule has 1 aromatic carbocycles. The molecular formula is C15H18N4O3. The number of carbonyl (C=O) groups is 2. The minimum Gasteiger partial charge on any atom is -0.483 e. The van der Waals surface area contributed by atoms with Gasteiger partial charge < -0.3 is 15.8 Å². The van der Waals surface area contributed by atoms with Gasteiger partial charge in [-0.3, -0.25) is 14.3 Å². The van der Waals surface area contributed by atoms with Crippen LogP contribution in [0.25, 0.3) is 0 Å². The molecule has 116 valence electrons. The number of ether oxygens (including phenoxy) is 1. The van der Waals surface area contributed by atoms with Crippen molar-refractivity contribution in [2.45, 2.75) is 19.9 Å². The standard InChI is InChI=1S/C15H18N4O3/c1-11-4-2-3-5-12(11)22-10-15(21)17-14-7-9-19(18-14)8-6-13(16)20/h2-5,7,9H,6,8,10H2,1H3,(H2,16,20)(H,17,18,21). The maximum atomic E-state index is 11.8. The minimum absolute atomic E-state index is 0.0982. The summed E-state index contributed by atoms with van der Waals surface area (Å²) in [5.41, 5.74) is 6.03. The van der Waals surface area contributed by atoms with Crippen LogP contribution in [-0.2, 0) is 16.1 Å². The molecule has 0 aliphatic carbocycles. The second-order valence-corrected chi connectivity index (χ2v) is 4.78. The lowest BCUT2D eigenvalue weighted by Gasteiger charge is -2.08. The Morgan fingerprint density at radius 1 is 1.32 bits per heavy atom. The zero-order valence-electron chi connectivity index (χ0n) is 12.3. The van der Waals surface area contributed by atoms with E-state index in [2.05, 4.69) is 10.4 Å². The summed E-state index contributed by atoms with van der Waals surface area (Å²) in [6.07, 6.45) is 1.87. The van der Waals surface area contributed by atoms with Crippen molar-refractivity contribution in [1.29, 1.82) is 0 Å². The molecule has 0 aliphatic rings. The number of aromatic nitrogens is 2. The van der Waals surface area contributed by atoms with E-state index in [1.54, 1.807) is 23.0 Å². The summed E-state index contributed by atoms with van der Waals surface area (Å²) in [6.45, 7) is 2.19. The van der Waals surface area contributed by atoms with Gasteiger partial charge in [-0.25, -0.2) is 0 Å². The largest absolute Gasteiger partial charge is 0.483 e. The molecule has 2 aromatic rings. The fraction of sp³-hybridized carbons (Fsp3) is 0.267. The number of rotatable bonds is 7. The predicted octanol–water partition coefficient (Wildman–Crippen LogP) is 1.08. The number of benzene rings is 1. The number of amides is 2. The van der Waals surface area contributed by atoms with Crippen molar-refractivity contribution in [1.82, 2.24) is 9.78 Å². The van der Waals surface area contributed by atoms with Gasteiger partial charge in [-0.1, -0.05) is 18.2 Å². The van der Waals surface area contributed by atoms with Crippen LogP contribution in [0.2, 0.25) is 0 Å². The van der Waals surface area contributed by atoms with Crippen LogP contribution in [0.3, 0.4) is 0 Å². The molecule has 0 atom stereocenters. The van der Waals surface area contributed by atoms with Crippen LogP contribution in [0.5, 0.6) is 5.75 Å². The lowest BCUT2D eigenvalue weighted by Crippen LogP contribution is -2.21. The fourth-order valence-electron chi connectivity index (χ4n) is 1.82. The van der Waals surface area contributed by atoms with Crippen LogP contribution in [0.4, 0.5) is 5.82 Å². The topological polar surface area (TPSA) is 99.2 Å². The Morgan fingerprint density at radius 2 is 2.09 bits per heavy atom. The lowest BCUT2D eigenvalue weighted by atomic mass is 10.2. The molecular weight excluding hydrogens is 284 g/mol. The quantitative estimate of drug-likeness (QED) is 0.799. The number of aryl methyl sites for hydroxylation is 2. The molecule has 7 nitrogen and oxygen atoms in total. The number of primary amides is 1. The number of nitrogens with zero attached hydrogens (tertiary/aromatic N) is 2. The molecule has 0 saturated carbocycles. The average molecular weight is 302 g/mol. The molecule has 2 rings (SSSR count). The Balaban J connectivity index is 1.82. The average Bonchev–Trinajstić information content (AvgIpc) is 2.92. The third-order valence-electron chi connectivity index (χ3n) is 2.95. The molecule has 7 heteroatoms. The lowest BCUT2D eigenvalue weighted by molar-refractivity contribution is -0.119. The summed E-state index contributed by atoms with van der Waals surface area (Å²) >= 11 is 0. The number of anilines is 1. The van der Waals surface area contributed by atoms with Crippen molar-refractivity contribution in [3.8, 4) is 5.75 Å². The molecule has 0 unspecified atom stereocenters. The maximum absolute atomic E-state index is 11.8. The van der Waals surface area contributed by atoms with Gasteiger partial charge in [-0.15, -0.1) is 0 Å². The van der Waals surface area contributed by atoms with Gasteiger partial charge in [0.25, 0.3) is 5.91 Å². The molecule has 0 aliphatic heterocycles. The van der Waals surface area contributed by atoms with Gasteiger partial charge in [0.15, 0.2) is 12.4 Å². The highest BCUT2D eigenvalue weighted by Gasteiger charge is 2.07. The van der Waals surface area contributed by atoms with Gasteiger partial charge in [0, 0.05) is 25.2 Å². The Morgan fingerprint density at radius 3 is 2.82 bits per heavy atom. The van der Waals surface area contributed by atoms with Crippen LogP contribution in [0.15, 0.2) is 36.5 Å². The predicted molar refractivity (Wildman–Crippen MR) is 81.3 cm³/mol. The number of nitrogens with two attached hydrogens (primary N) is 1. The number of hydrogen-bond donors (Lipinski definition) is 2. The van der Waals surface area contributed by atoms with Crippen LogP contribution in [-0.4, -0.2) is 28.2 Å². The van der Waals surface area contributed by atoms with E-state index in [4.69, 9.17) is 10.5 Å². The molecule has 0 saturated heterocycles. The monoisotopic (exact) mass is 302 g/mol. The second kappa shape index (κ2) is 7.26. The summed E-state index contributed by atoms with van der Waals surface area (Å²) in [5.74, 6) is 0.378. The third-order valence-corrected chi connectivity index (χ3v) is 2.95. The number of carbonyl (C=O) groups excluding carboxylic acids is 2. The van der Waals surface area contributed by atoms with Crippen molar-refractivity contribution < 1.29 is 14.3 Å². The van der Waals surface area contributed by atoms with Crippen molar-refractivity contribution in [3.05, 3.63) is 42.1 Å². The van der Waals surface area contributed by atoms with E-state index < -0.39 is 5.91 Å². The van der Waals surface area contributed by atoms with Crippen molar-refractivity contribution in [3.63, 3.8) is 0 Å². The summed E-state index contributed by atoms with van der Waals surface area (Å²) in [5, 5.41) is 6.74. The van der Waals surface area contributed by atoms with Gasteiger partial charge in [-0.2, -0.15) is 5.10 Å². The van der Waals surface area contributed by atoms with Gasteiger partial charge >= 0.3 is 0 Å². The van der Waals surface area contributed by atoms with E-state index in [1.165, 1.54) is 0 Å². The van der Waals surface area contributed by atoms with Crippen LogP contribution >= 0.6 is 0 Å². The van der Waals surface area contributed by atoms with Crippen molar-refractivity contribution in [2.24, 2.45) is 5.73 Å². The van der Waals surface area contributed by atoms with Crippen LogP contribution in [0, 0.1) is 6.92 Å². The second-order valence-electron chi connectivity index (χ2n) is 4.78. The molecule has 3 N–H and O–H groups in total. The fourth-order valence-corrected chi connectivity index (χ4v) is 1.82. The number of nitrogens with one attached hydrogen (secondary N) is 1. The van der Waals surface area contributed by atoms with Gasteiger partial charge in [0.05, 0.1) is 0 Å². The maximum Gasteiger partial charge on any atom is 0.263 e. The molecule has 2 amide bonds. The highest BCUT2D eigenvalue weighted by atomic mass is 16.5. The molecule has 0 fully saturated rings. The van der Waals surface area contributed by atoms with E-state index in [1.807, 2.05) is 25.1 Å². The Kier molecular flexibility index (Phi) is 5.13. The summed E-state index contributed by atoms with van der Waals surface area (Å²) in [4.78, 5) is 22.5. The smallest absolute Gasteiger partial charge is 0.263 e. The molecule has 0 bridgehead atoms. The zero-order chi connectivity index (χ0) is 15.9. The first-order valence-electron chi connectivity index (χ1n) is 6.84. The van der Waals surface area contributed by atoms with E-state index in [-0.39, 0.29) is 18.9 Å². The Hall–Kier alpha value is -2.83. The summed E-state index contributed by atoms with van der Waals surface area (Å²) < 4.78 is 6.99. The molecule has 22 heavy (non-hydrogen) atoms. The van der Waals surface area contributed by atoms with E-state index in [0.29, 0.717) is 18.1 Å². The minimum atomic E-state index is -0.396. The zero-order valence-corrected chi connectivity index (χ0v) is 12.3. The van der Waals surface area contributed by atoms with Crippen molar-refractivity contribution >= 4 is 17.6 Å². The molecule has 1 heterocycles. The highest BCUT2D eigenvalue weighted by Crippen LogP contribution is 2.15. The molecule has 0 radical (unpaired) electrons. The Bertz CT molecular complexity index is 666. The van der Waals surface area contributed by atoms with E-state index >= 15 is 0 Å². The van der Waals surface area contributed by atoms with Gasteiger partial charge in [0.1, 0.15) is 5.75 Å². The van der Waals surface area contributed by atoms with Gasteiger partial charge in [0.2, 0.25) is 5.91 Å². The van der Waals surface area contributed by atoms with E-state index in [0.717, 1.165) is 5.56 Å². The molecule has 1 aromatic heterocycles. The normalized spacial score (nSPS) is 10.2. The van der Waals surface area contributed by atoms with Crippen molar-refractivity contribution in [2.75, 3.05) is 11.9 Å². The first-order chi connectivity index (χ1) is 10.5. The first kappa shape index (κ1) is 15.6. The van der Waals surface area contributed by atoms with Gasteiger partial charge in [-0.05, 0) is 18.6 Å². The first-order valence-corrected chi connectivity index (χ1v) is 6.84. The van der Waals surface area contributed by atoms with E-state index in [9.17, 15) is 9.59 Å². The number of para-hydroxylation sites is 1. The summed E-state index contributed by atoms with van der Waals surface area (Å²) in [7, 11) is 0. The van der Waals surface area contributed by atoms with Crippen LogP contribution < -0.4 is 15.8 Å². The molecule has 0 spiro atoms. The number of hydrogen-bond acceptors (Lipinski definition) is 4. The highest BCUT2D eigenvalue weighted by molar-refractivity contribution is 5.90. The SMILES string of the molecule is Cc1ccccc1OCC(=O)Nc1ccn(CCC(N)=O)n1.